The van der Waals surface area contributed by atoms with Gasteiger partial charge in [0.05, 0.1) is 5.02 Å². The fourth-order valence-electron chi connectivity index (χ4n) is 3.31. The summed E-state index contributed by atoms with van der Waals surface area (Å²) in [6.07, 6.45) is 1.65. The van der Waals surface area contributed by atoms with Crippen LogP contribution in [0, 0.1) is 0 Å². The number of pyridine rings is 1. The number of benzene rings is 2. The fraction of sp³-hybridized carbons (Fsp3) is 0.217. The van der Waals surface area contributed by atoms with E-state index in [-0.39, 0.29) is 5.91 Å². The Bertz CT molecular complexity index is 938. The van der Waals surface area contributed by atoms with Crippen molar-refractivity contribution in [3.63, 3.8) is 0 Å². The molecular formula is C23H22ClN3O2. The Hall–Kier alpha value is -3.05. The van der Waals surface area contributed by atoms with Crippen LogP contribution in [0.25, 0.3) is 0 Å². The van der Waals surface area contributed by atoms with Crippen molar-refractivity contribution < 1.29 is 9.53 Å². The molecule has 0 aliphatic carbocycles. The number of hydrogen-bond donors (Lipinski definition) is 0. The summed E-state index contributed by atoms with van der Waals surface area (Å²) in [6, 6.07) is 21.1. The van der Waals surface area contributed by atoms with Gasteiger partial charge in [0.1, 0.15) is 18.2 Å². The Kier molecular flexibility index (Phi) is 5.96. The summed E-state index contributed by atoms with van der Waals surface area (Å²) in [4.78, 5) is 21.2. The Morgan fingerprint density at radius 1 is 0.931 bits per heavy atom. The van der Waals surface area contributed by atoms with Crippen molar-refractivity contribution in [3.8, 4) is 5.75 Å². The highest BCUT2D eigenvalue weighted by Gasteiger charge is 2.22. The number of amides is 1. The van der Waals surface area contributed by atoms with Gasteiger partial charge in [0.2, 0.25) is 0 Å². The van der Waals surface area contributed by atoms with Gasteiger partial charge < -0.3 is 14.5 Å². The van der Waals surface area contributed by atoms with Crippen LogP contribution in [0.5, 0.6) is 5.75 Å². The molecule has 0 N–H and O–H groups in total. The third-order valence-corrected chi connectivity index (χ3v) is 5.18. The van der Waals surface area contributed by atoms with Crippen LogP contribution in [0.1, 0.15) is 15.9 Å². The average Bonchev–Trinajstić information content (AvgIpc) is 2.79. The third-order valence-electron chi connectivity index (χ3n) is 4.95. The molecule has 6 heteroatoms. The van der Waals surface area contributed by atoms with Gasteiger partial charge in [-0.25, -0.2) is 4.98 Å². The largest absolute Gasteiger partial charge is 0.489 e. The van der Waals surface area contributed by atoms with Crippen molar-refractivity contribution >= 4 is 23.3 Å². The van der Waals surface area contributed by atoms with E-state index < -0.39 is 0 Å². The summed E-state index contributed by atoms with van der Waals surface area (Å²) < 4.78 is 5.80. The molecule has 0 spiro atoms. The normalized spacial score (nSPS) is 14.0. The zero-order valence-electron chi connectivity index (χ0n) is 16.0. The molecule has 4 rings (SSSR count). The summed E-state index contributed by atoms with van der Waals surface area (Å²) in [5, 5.41) is 0.624. The van der Waals surface area contributed by atoms with E-state index in [4.69, 9.17) is 16.3 Å². The number of rotatable bonds is 5. The van der Waals surface area contributed by atoms with E-state index in [1.54, 1.807) is 6.20 Å². The highest BCUT2D eigenvalue weighted by Crippen LogP contribution is 2.19. The van der Waals surface area contributed by atoms with Gasteiger partial charge in [-0.05, 0) is 42.0 Å². The lowest BCUT2D eigenvalue weighted by Crippen LogP contribution is -2.49. The molecule has 29 heavy (non-hydrogen) atoms. The standard InChI is InChI=1S/C23H22ClN3O2/c24-20-8-11-22(25-16-20)26-12-14-27(15-13-26)23(28)19-6-9-21(10-7-19)29-17-18-4-2-1-3-5-18/h1-11,16H,12-15,17H2. The quantitative estimate of drug-likeness (QED) is 0.633. The predicted molar refractivity (Wildman–Crippen MR) is 115 cm³/mol. The Morgan fingerprint density at radius 2 is 1.66 bits per heavy atom. The van der Waals surface area contributed by atoms with Crippen molar-refractivity contribution in [1.82, 2.24) is 9.88 Å². The second-order valence-corrected chi connectivity index (χ2v) is 7.35. The molecule has 1 aromatic heterocycles. The van der Waals surface area contributed by atoms with Crippen LogP contribution < -0.4 is 9.64 Å². The molecule has 5 nitrogen and oxygen atoms in total. The molecule has 0 unspecified atom stereocenters. The molecule has 2 heterocycles. The topological polar surface area (TPSA) is 45.7 Å². The van der Waals surface area contributed by atoms with Crippen LogP contribution in [0.3, 0.4) is 0 Å². The SMILES string of the molecule is O=C(c1ccc(OCc2ccccc2)cc1)N1CCN(c2ccc(Cl)cn2)CC1. The van der Waals surface area contributed by atoms with Gasteiger partial charge in [0.25, 0.3) is 5.91 Å². The zero-order chi connectivity index (χ0) is 20.1. The van der Waals surface area contributed by atoms with Crippen molar-refractivity contribution in [2.75, 3.05) is 31.1 Å². The summed E-state index contributed by atoms with van der Waals surface area (Å²) in [5.74, 6) is 1.69. The van der Waals surface area contributed by atoms with Gasteiger partial charge in [-0.3, -0.25) is 4.79 Å². The number of piperazine rings is 1. The van der Waals surface area contributed by atoms with Crippen LogP contribution in [-0.4, -0.2) is 42.0 Å². The summed E-state index contributed by atoms with van der Waals surface area (Å²) in [7, 11) is 0. The monoisotopic (exact) mass is 407 g/mol. The maximum atomic E-state index is 12.8. The van der Waals surface area contributed by atoms with Crippen molar-refractivity contribution in [2.24, 2.45) is 0 Å². The number of halogens is 1. The number of hydrogen-bond acceptors (Lipinski definition) is 4. The minimum Gasteiger partial charge on any atom is -0.489 e. The molecular weight excluding hydrogens is 386 g/mol. The number of carbonyl (C=O) groups excluding carboxylic acids is 1. The van der Waals surface area contributed by atoms with Gasteiger partial charge in [-0.15, -0.1) is 0 Å². The number of ether oxygens (including phenoxy) is 1. The molecule has 1 amide bonds. The Morgan fingerprint density at radius 3 is 2.31 bits per heavy atom. The maximum absolute atomic E-state index is 12.8. The minimum absolute atomic E-state index is 0.0447. The minimum atomic E-state index is 0.0447. The first-order valence-corrected chi connectivity index (χ1v) is 9.99. The third kappa shape index (κ3) is 4.87. The van der Waals surface area contributed by atoms with Gasteiger partial charge in [0, 0.05) is 37.9 Å². The van der Waals surface area contributed by atoms with Crippen molar-refractivity contribution in [3.05, 3.63) is 89.1 Å². The van der Waals surface area contributed by atoms with Crippen LogP contribution in [0.15, 0.2) is 72.9 Å². The molecule has 0 radical (unpaired) electrons. The second kappa shape index (κ2) is 8.97. The summed E-state index contributed by atoms with van der Waals surface area (Å²) in [5.41, 5.74) is 1.79. The zero-order valence-corrected chi connectivity index (χ0v) is 16.8. The molecule has 1 aliphatic heterocycles. The van der Waals surface area contributed by atoms with Crippen LogP contribution in [0.2, 0.25) is 5.02 Å². The lowest BCUT2D eigenvalue weighted by atomic mass is 10.1. The van der Waals surface area contributed by atoms with Crippen LogP contribution in [0.4, 0.5) is 5.82 Å². The molecule has 0 bridgehead atoms. The van der Waals surface area contributed by atoms with E-state index in [0.717, 1.165) is 30.2 Å². The van der Waals surface area contributed by atoms with Crippen LogP contribution >= 0.6 is 11.6 Å². The van der Waals surface area contributed by atoms with E-state index in [0.29, 0.717) is 30.3 Å². The number of aromatic nitrogens is 1. The van der Waals surface area contributed by atoms with E-state index in [9.17, 15) is 4.79 Å². The first-order valence-electron chi connectivity index (χ1n) is 9.61. The van der Waals surface area contributed by atoms with E-state index in [2.05, 4.69) is 9.88 Å². The highest BCUT2D eigenvalue weighted by atomic mass is 35.5. The van der Waals surface area contributed by atoms with E-state index in [1.807, 2.05) is 71.6 Å². The first-order chi connectivity index (χ1) is 14.2. The lowest BCUT2D eigenvalue weighted by molar-refractivity contribution is 0.0746. The number of anilines is 1. The van der Waals surface area contributed by atoms with Gasteiger partial charge in [0.15, 0.2) is 0 Å². The highest BCUT2D eigenvalue weighted by molar-refractivity contribution is 6.30. The predicted octanol–water partition coefficient (Wildman–Crippen LogP) is 4.28. The molecule has 0 atom stereocenters. The summed E-state index contributed by atoms with van der Waals surface area (Å²) >= 11 is 5.90. The second-order valence-electron chi connectivity index (χ2n) is 6.91. The molecule has 1 saturated heterocycles. The molecule has 0 saturated carbocycles. The van der Waals surface area contributed by atoms with Gasteiger partial charge in [-0.1, -0.05) is 41.9 Å². The molecule has 3 aromatic rings. The summed E-state index contributed by atoms with van der Waals surface area (Å²) in [6.45, 7) is 3.33. The fourth-order valence-corrected chi connectivity index (χ4v) is 3.42. The Balaban J connectivity index is 1.31. The molecule has 1 fully saturated rings. The Labute approximate surface area is 175 Å². The number of nitrogens with zero attached hydrogens (tertiary/aromatic N) is 3. The van der Waals surface area contributed by atoms with E-state index in [1.165, 1.54) is 0 Å². The lowest BCUT2D eigenvalue weighted by Gasteiger charge is -2.35. The van der Waals surface area contributed by atoms with Crippen LogP contribution in [-0.2, 0) is 6.61 Å². The maximum Gasteiger partial charge on any atom is 0.253 e. The van der Waals surface area contributed by atoms with E-state index >= 15 is 0 Å². The van der Waals surface area contributed by atoms with Gasteiger partial charge in [-0.2, -0.15) is 0 Å². The number of carbonyl (C=O) groups is 1. The smallest absolute Gasteiger partial charge is 0.253 e. The molecule has 2 aromatic carbocycles. The van der Waals surface area contributed by atoms with Gasteiger partial charge >= 0.3 is 0 Å². The first kappa shape index (κ1) is 19.3. The average molecular weight is 408 g/mol. The molecule has 1 aliphatic rings. The van der Waals surface area contributed by atoms with Crippen molar-refractivity contribution in [1.29, 1.82) is 0 Å². The molecule has 148 valence electrons. The van der Waals surface area contributed by atoms with Crippen molar-refractivity contribution in [2.45, 2.75) is 6.61 Å².